The fourth-order valence-corrected chi connectivity index (χ4v) is 8.29. The zero-order valence-corrected chi connectivity index (χ0v) is 28.7. The Labute approximate surface area is 284 Å². The molecule has 0 aliphatic carbocycles. The Morgan fingerprint density at radius 2 is 1.86 bits per heavy atom. The van der Waals surface area contributed by atoms with E-state index in [2.05, 4.69) is 10.6 Å². The largest absolute Gasteiger partial charge is 0.493 e. The predicted octanol–water partition coefficient (Wildman–Crippen LogP) is 5.60. The molecule has 3 aromatic carbocycles. The second kappa shape index (κ2) is 13.0. The van der Waals surface area contributed by atoms with Crippen LogP contribution in [0.15, 0.2) is 66.9 Å². The fourth-order valence-electron chi connectivity index (χ4n) is 6.84. The quantitative estimate of drug-likeness (QED) is 0.210. The first-order valence-corrected chi connectivity index (χ1v) is 17.8. The minimum atomic E-state index is -4.50. The average molecular weight is 699 g/mol. The topological polar surface area (TPSA) is 113 Å². The van der Waals surface area contributed by atoms with Gasteiger partial charge in [-0.15, -0.1) is 0 Å². The Bertz CT molecular complexity index is 1980. The van der Waals surface area contributed by atoms with Crippen LogP contribution in [0, 0.1) is 0 Å². The summed E-state index contributed by atoms with van der Waals surface area (Å²) in [6.45, 7) is 5.89. The van der Waals surface area contributed by atoms with E-state index in [4.69, 9.17) is 4.74 Å². The molecule has 1 amide bonds. The van der Waals surface area contributed by atoms with Crippen molar-refractivity contribution < 1.29 is 36.2 Å². The van der Waals surface area contributed by atoms with Crippen molar-refractivity contribution in [2.45, 2.75) is 75.7 Å². The summed E-state index contributed by atoms with van der Waals surface area (Å²) < 4.78 is 74.8. The van der Waals surface area contributed by atoms with Gasteiger partial charge in [0.15, 0.2) is 0 Å². The number of fused-ring (bicyclic) bond motifs is 1. The lowest BCUT2D eigenvalue weighted by Crippen LogP contribution is -2.49. The zero-order valence-electron chi connectivity index (χ0n) is 27.8. The van der Waals surface area contributed by atoms with Crippen LogP contribution in [0.3, 0.4) is 0 Å². The maximum Gasteiger partial charge on any atom is 0.416 e. The first kappa shape index (κ1) is 34.8. The van der Waals surface area contributed by atoms with Crippen molar-refractivity contribution in [1.29, 1.82) is 0 Å². The number of aromatic nitrogens is 1. The molecule has 4 aromatic rings. The summed E-state index contributed by atoms with van der Waals surface area (Å²) in [4.78, 5) is 14.0. The summed E-state index contributed by atoms with van der Waals surface area (Å²) in [6, 6.07) is 15.0. The summed E-state index contributed by atoms with van der Waals surface area (Å²) >= 11 is 0. The number of anilines is 1. The monoisotopic (exact) mass is 698 g/mol. The van der Waals surface area contributed by atoms with Crippen LogP contribution in [-0.4, -0.2) is 61.1 Å². The van der Waals surface area contributed by atoms with Gasteiger partial charge in [-0.3, -0.25) is 9.10 Å². The van der Waals surface area contributed by atoms with Crippen LogP contribution < -0.4 is 19.7 Å². The number of carbonyl (C=O) groups excluding carboxylic acids is 1. The van der Waals surface area contributed by atoms with Gasteiger partial charge in [0, 0.05) is 55.3 Å². The number of amides is 1. The van der Waals surface area contributed by atoms with Crippen molar-refractivity contribution in [1.82, 2.24) is 15.2 Å². The molecule has 1 aromatic heterocycles. The maximum absolute atomic E-state index is 14.0. The molecule has 2 aliphatic rings. The lowest BCUT2D eigenvalue weighted by atomic mass is 9.97. The number of aliphatic hydroxyl groups excluding tert-OH is 1. The Balaban J connectivity index is 1.28. The lowest BCUT2D eigenvalue weighted by Gasteiger charge is -2.30. The Hall–Kier alpha value is -4.07. The van der Waals surface area contributed by atoms with Crippen molar-refractivity contribution in [2.24, 2.45) is 0 Å². The summed E-state index contributed by atoms with van der Waals surface area (Å²) in [5, 5.41) is 18.6. The smallest absolute Gasteiger partial charge is 0.416 e. The fraction of sp³-hybridized carbons (Fsp3) is 0.417. The number of sulfonamides is 1. The highest BCUT2D eigenvalue weighted by molar-refractivity contribution is 7.94. The molecular weight excluding hydrogens is 657 g/mol. The molecule has 3 heterocycles. The third-order valence-electron chi connectivity index (χ3n) is 9.66. The predicted molar refractivity (Wildman–Crippen MR) is 182 cm³/mol. The molecule has 0 bridgehead atoms. The number of hydrogen-bond acceptors (Lipinski definition) is 6. The van der Waals surface area contributed by atoms with E-state index in [1.54, 1.807) is 26.0 Å². The van der Waals surface area contributed by atoms with Gasteiger partial charge >= 0.3 is 6.18 Å². The van der Waals surface area contributed by atoms with Crippen LogP contribution in [0.1, 0.15) is 65.8 Å². The number of nitrogens with one attached hydrogen (secondary N) is 2. The minimum Gasteiger partial charge on any atom is -0.493 e. The van der Waals surface area contributed by atoms with Gasteiger partial charge in [-0.2, -0.15) is 13.2 Å². The van der Waals surface area contributed by atoms with Gasteiger partial charge in [0.1, 0.15) is 10.5 Å². The summed E-state index contributed by atoms with van der Waals surface area (Å²) in [6.07, 6.45) is -2.18. The molecule has 0 spiro atoms. The van der Waals surface area contributed by atoms with E-state index in [1.807, 2.05) is 48.0 Å². The van der Waals surface area contributed by atoms with Crippen LogP contribution >= 0.6 is 0 Å². The number of carbonyl (C=O) groups is 1. The number of benzene rings is 3. The Morgan fingerprint density at radius 1 is 1.12 bits per heavy atom. The second-order valence-electron chi connectivity index (χ2n) is 13.4. The molecule has 0 saturated carbocycles. The highest BCUT2D eigenvalue weighted by Gasteiger charge is 2.42. The SMILES string of the molecule is CCc1cn2c3c(cc(C(=O)N[C@@H](Cc4ccccc4)[C@H](O)CNC4CCOc5cc(C(F)(F)F)ccc54)cc13)N(C)S(=O)(=O)C(C)(C)C2. The van der Waals surface area contributed by atoms with Crippen molar-refractivity contribution in [3.8, 4) is 5.75 Å². The number of nitrogens with zero attached hydrogens (tertiary/aromatic N) is 2. The normalized spacial score (nSPS) is 19.4. The van der Waals surface area contributed by atoms with Gasteiger partial charge in [-0.1, -0.05) is 43.3 Å². The number of halogens is 3. The van der Waals surface area contributed by atoms with Crippen molar-refractivity contribution in [3.05, 3.63) is 94.7 Å². The number of aliphatic hydroxyl groups is 1. The molecule has 3 atom stereocenters. The van der Waals surface area contributed by atoms with Gasteiger partial charge in [0.05, 0.1) is 35.5 Å². The molecule has 0 radical (unpaired) electrons. The molecule has 49 heavy (non-hydrogen) atoms. The van der Waals surface area contributed by atoms with Crippen molar-refractivity contribution in [2.75, 3.05) is 24.5 Å². The molecule has 9 nitrogen and oxygen atoms in total. The minimum absolute atomic E-state index is 0.0338. The van der Waals surface area contributed by atoms with E-state index >= 15 is 0 Å². The van der Waals surface area contributed by atoms with Gasteiger partial charge in [-0.05, 0) is 62.1 Å². The van der Waals surface area contributed by atoms with E-state index in [-0.39, 0.29) is 37.1 Å². The average Bonchev–Trinajstić information content (AvgIpc) is 3.39. The molecule has 0 fully saturated rings. The molecule has 0 saturated heterocycles. The molecule has 3 N–H and O–H groups in total. The summed E-state index contributed by atoms with van der Waals surface area (Å²) in [7, 11) is -2.27. The standard InChI is InChI=1S/C36H41F3N4O5S/c1-5-23-20-43-21-35(2,3)49(46,47)42(4)30-17-24(16-27(23)33(30)43)34(45)41-29(15-22-9-7-6-8-10-22)31(44)19-40-28-13-14-48-32-18-25(36(37,38)39)11-12-26(28)32/h6-12,16-18,20,28-29,31,40,44H,5,13-15,19,21H2,1-4H3,(H,41,45)/t28?,29-,31+/m0/s1. The third-order valence-corrected chi connectivity index (χ3v) is 12.1. The first-order chi connectivity index (χ1) is 23.1. The van der Waals surface area contributed by atoms with Gasteiger partial charge in [0.25, 0.3) is 5.91 Å². The maximum atomic E-state index is 14.0. The lowest BCUT2D eigenvalue weighted by molar-refractivity contribution is -0.137. The first-order valence-electron chi connectivity index (χ1n) is 16.3. The van der Waals surface area contributed by atoms with Crippen LogP contribution in [0.5, 0.6) is 5.75 Å². The number of hydrogen-bond donors (Lipinski definition) is 3. The molecular formula is C36H41F3N4O5S. The molecule has 13 heteroatoms. The third kappa shape index (κ3) is 6.63. The number of rotatable bonds is 9. The van der Waals surface area contributed by atoms with Crippen molar-refractivity contribution in [3.63, 3.8) is 0 Å². The van der Waals surface area contributed by atoms with Crippen molar-refractivity contribution >= 4 is 32.5 Å². The number of aryl methyl sites for hydroxylation is 1. The van der Waals surface area contributed by atoms with Crippen LogP contribution in [-0.2, 0) is 35.6 Å². The number of alkyl halides is 3. The Kier molecular flexibility index (Phi) is 9.22. The van der Waals surface area contributed by atoms with E-state index < -0.39 is 44.6 Å². The molecule has 6 rings (SSSR count). The van der Waals surface area contributed by atoms with E-state index in [1.165, 1.54) is 17.4 Å². The van der Waals surface area contributed by atoms with E-state index in [9.17, 15) is 31.5 Å². The van der Waals surface area contributed by atoms with Crippen LogP contribution in [0.25, 0.3) is 10.9 Å². The molecule has 1 unspecified atom stereocenters. The number of ether oxygens (including phenoxy) is 1. The summed E-state index contributed by atoms with van der Waals surface area (Å²) in [5.74, 6) is -0.327. The van der Waals surface area contributed by atoms with Gasteiger partial charge in [-0.25, -0.2) is 8.42 Å². The molecule has 2 aliphatic heterocycles. The Morgan fingerprint density at radius 3 is 2.55 bits per heavy atom. The van der Waals surface area contributed by atoms with Crippen LogP contribution in [0.4, 0.5) is 18.9 Å². The van der Waals surface area contributed by atoms with Gasteiger partial charge in [0.2, 0.25) is 10.0 Å². The highest BCUT2D eigenvalue weighted by Crippen LogP contribution is 2.41. The molecule has 262 valence electrons. The van der Waals surface area contributed by atoms with Crippen LogP contribution in [0.2, 0.25) is 0 Å². The van der Waals surface area contributed by atoms with E-state index in [0.717, 1.165) is 34.2 Å². The van der Waals surface area contributed by atoms with Gasteiger partial charge < -0.3 is 25.0 Å². The van der Waals surface area contributed by atoms with E-state index in [0.29, 0.717) is 30.5 Å². The highest BCUT2D eigenvalue weighted by atomic mass is 32.2. The second-order valence-corrected chi connectivity index (χ2v) is 16.0. The summed E-state index contributed by atoms with van der Waals surface area (Å²) in [5.41, 5.74) is 3.04. The zero-order chi connectivity index (χ0) is 35.3.